The van der Waals surface area contributed by atoms with Crippen molar-refractivity contribution in [1.29, 1.82) is 0 Å². The molecule has 1 heterocycles. The van der Waals surface area contributed by atoms with E-state index in [1.165, 1.54) is 4.90 Å². The van der Waals surface area contributed by atoms with Gasteiger partial charge < -0.3 is 30.6 Å². The SMILES string of the molecule is OCCCCCCCCN1C(O)[C@H](O)[C@@H](O)[C@H](O)[C@H]1CO. The Morgan fingerprint density at radius 2 is 1.24 bits per heavy atom. The van der Waals surface area contributed by atoms with Gasteiger partial charge in [-0.3, -0.25) is 4.90 Å². The highest BCUT2D eigenvalue weighted by Crippen LogP contribution is 2.23. The van der Waals surface area contributed by atoms with E-state index in [1.54, 1.807) is 0 Å². The molecule has 0 bridgehead atoms. The number of piperidine rings is 1. The van der Waals surface area contributed by atoms with Crippen LogP contribution in [0.15, 0.2) is 0 Å². The summed E-state index contributed by atoms with van der Waals surface area (Å²) < 4.78 is 0. The van der Waals surface area contributed by atoms with Gasteiger partial charge in [-0.1, -0.05) is 25.7 Å². The molecule has 0 aromatic rings. The van der Waals surface area contributed by atoms with Gasteiger partial charge in [0.25, 0.3) is 0 Å². The molecule has 126 valence electrons. The number of likely N-dealkylation sites (tertiary alicyclic amines) is 1. The van der Waals surface area contributed by atoms with Crippen molar-refractivity contribution >= 4 is 0 Å². The first-order valence-corrected chi connectivity index (χ1v) is 7.74. The highest BCUT2D eigenvalue weighted by Gasteiger charge is 2.46. The van der Waals surface area contributed by atoms with Crippen molar-refractivity contribution in [1.82, 2.24) is 4.90 Å². The minimum atomic E-state index is -1.45. The van der Waals surface area contributed by atoms with Crippen molar-refractivity contribution in [3.63, 3.8) is 0 Å². The molecule has 7 heteroatoms. The first-order valence-electron chi connectivity index (χ1n) is 7.74. The number of aliphatic hydroxyl groups excluding tert-OH is 6. The number of aliphatic hydroxyl groups is 6. The van der Waals surface area contributed by atoms with Gasteiger partial charge in [-0.15, -0.1) is 0 Å². The topological polar surface area (TPSA) is 125 Å². The summed E-state index contributed by atoms with van der Waals surface area (Å²) >= 11 is 0. The minimum Gasteiger partial charge on any atom is -0.396 e. The molecule has 0 amide bonds. The molecular weight excluding hydrogens is 278 g/mol. The molecule has 21 heavy (non-hydrogen) atoms. The average Bonchev–Trinajstić information content (AvgIpc) is 2.49. The lowest BCUT2D eigenvalue weighted by atomic mass is 9.92. The maximum absolute atomic E-state index is 9.97. The zero-order chi connectivity index (χ0) is 15.8. The van der Waals surface area contributed by atoms with E-state index < -0.39 is 37.2 Å². The largest absolute Gasteiger partial charge is 0.396 e. The fraction of sp³-hybridized carbons (Fsp3) is 1.00. The Kier molecular flexibility index (Phi) is 8.65. The van der Waals surface area contributed by atoms with Gasteiger partial charge in [0.1, 0.15) is 24.5 Å². The summed E-state index contributed by atoms with van der Waals surface area (Å²) in [6.45, 7) is 0.266. The van der Waals surface area contributed by atoms with Crippen molar-refractivity contribution < 1.29 is 30.6 Å². The van der Waals surface area contributed by atoms with E-state index in [4.69, 9.17) is 5.11 Å². The van der Waals surface area contributed by atoms with Crippen molar-refractivity contribution in [3.05, 3.63) is 0 Å². The maximum Gasteiger partial charge on any atom is 0.136 e. The molecule has 1 rings (SSSR count). The Balaban J connectivity index is 2.36. The van der Waals surface area contributed by atoms with Crippen LogP contribution in [0.2, 0.25) is 0 Å². The first kappa shape index (κ1) is 18.8. The second-order valence-electron chi connectivity index (χ2n) is 5.72. The summed E-state index contributed by atoms with van der Waals surface area (Å²) in [6.07, 6.45) is 0.105. The Labute approximate surface area is 125 Å². The summed E-state index contributed by atoms with van der Waals surface area (Å²) in [5, 5.41) is 57.1. The second-order valence-corrected chi connectivity index (χ2v) is 5.72. The second kappa shape index (κ2) is 9.68. The van der Waals surface area contributed by atoms with E-state index in [2.05, 4.69) is 0 Å². The molecule has 5 atom stereocenters. The predicted molar refractivity (Wildman–Crippen MR) is 76.4 cm³/mol. The fourth-order valence-electron chi connectivity index (χ4n) is 2.82. The molecule has 1 fully saturated rings. The summed E-state index contributed by atoms with van der Waals surface area (Å²) in [7, 11) is 0. The molecule has 0 spiro atoms. The summed E-state index contributed by atoms with van der Waals surface area (Å²) in [5.41, 5.74) is 0. The minimum absolute atomic E-state index is 0.219. The maximum atomic E-state index is 9.97. The van der Waals surface area contributed by atoms with E-state index >= 15 is 0 Å². The van der Waals surface area contributed by atoms with Crippen LogP contribution in [0.5, 0.6) is 0 Å². The van der Waals surface area contributed by atoms with Gasteiger partial charge in [0.05, 0.1) is 12.6 Å². The Morgan fingerprint density at radius 1 is 0.667 bits per heavy atom. The quantitative estimate of drug-likeness (QED) is 0.283. The molecule has 0 aliphatic carbocycles. The van der Waals surface area contributed by atoms with E-state index in [-0.39, 0.29) is 6.61 Å². The third-order valence-electron chi connectivity index (χ3n) is 4.18. The van der Waals surface area contributed by atoms with Gasteiger partial charge in [-0.05, 0) is 12.8 Å². The highest BCUT2D eigenvalue weighted by atomic mass is 16.4. The first-order chi connectivity index (χ1) is 10.0. The molecule has 0 radical (unpaired) electrons. The standard InChI is InChI=1S/C14H29NO6/c16-8-6-4-2-1-3-5-7-15-10(9-17)11(18)12(19)13(20)14(15)21/h10-14,16-21H,1-9H2/t10-,11-,12+,13-,14?/m1/s1. The van der Waals surface area contributed by atoms with Crippen molar-refractivity contribution in [3.8, 4) is 0 Å². The number of nitrogens with zero attached hydrogens (tertiary/aromatic N) is 1. The predicted octanol–water partition coefficient (Wildman–Crippen LogP) is -1.60. The van der Waals surface area contributed by atoms with Gasteiger partial charge in [-0.25, -0.2) is 0 Å². The van der Waals surface area contributed by atoms with Crippen LogP contribution in [-0.4, -0.2) is 85.9 Å². The van der Waals surface area contributed by atoms with Crippen LogP contribution in [0, 0.1) is 0 Å². The molecule has 6 N–H and O–H groups in total. The van der Waals surface area contributed by atoms with E-state index in [0.717, 1.165) is 38.5 Å². The van der Waals surface area contributed by atoms with Crippen LogP contribution >= 0.6 is 0 Å². The smallest absolute Gasteiger partial charge is 0.136 e. The lowest BCUT2D eigenvalue weighted by Gasteiger charge is -2.46. The normalized spacial score (nSPS) is 34.3. The van der Waals surface area contributed by atoms with Crippen LogP contribution in [0.3, 0.4) is 0 Å². The number of rotatable bonds is 9. The Morgan fingerprint density at radius 3 is 1.81 bits per heavy atom. The molecule has 1 aliphatic rings. The molecule has 0 aromatic heterocycles. The van der Waals surface area contributed by atoms with Gasteiger partial charge in [0.15, 0.2) is 0 Å². The Hall–Kier alpha value is -0.280. The van der Waals surface area contributed by atoms with Crippen molar-refractivity contribution in [2.45, 2.75) is 69.1 Å². The van der Waals surface area contributed by atoms with Crippen LogP contribution in [-0.2, 0) is 0 Å². The fourth-order valence-corrected chi connectivity index (χ4v) is 2.82. The molecule has 1 aliphatic heterocycles. The average molecular weight is 307 g/mol. The van der Waals surface area contributed by atoms with Gasteiger partial charge >= 0.3 is 0 Å². The lowest BCUT2D eigenvalue weighted by Crippen LogP contribution is -2.67. The number of hydrogen-bond acceptors (Lipinski definition) is 7. The molecule has 0 aromatic carbocycles. The monoisotopic (exact) mass is 307 g/mol. The van der Waals surface area contributed by atoms with Gasteiger partial charge in [0, 0.05) is 13.2 Å². The molecule has 0 saturated carbocycles. The third-order valence-corrected chi connectivity index (χ3v) is 4.18. The van der Waals surface area contributed by atoms with Crippen molar-refractivity contribution in [2.24, 2.45) is 0 Å². The zero-order valence-electron chi connectivity index (χ0n) is 12.4. The van der Waals surface area contributed by atoms with E-state index in [1.807, 2.05) is 0 Å². The number of unbranched alkanes of at least 4 members (excludes halogenated alkanes) is 5. The number of hydrogen-bond donors (Lipinski definition) is 6. The van der Waals surface area contributed by atoms with Gasteiger partial charge in [-0.2, -0.15) is 0 Å². The molecule has 7 nitrogen and oxygen atoms in total. The molecule has 1 saturated heterocycles. The molecule has 1 unspecified atom stereocenters. The zero-order valence-corrected chi connectivity index (χ0v) is 12.4. The lowest BCUT2D eigenvalue weighted by molar-refractivity contribution is -0.222. The van der Waals surface area contributed by atoms with E-state index in [0.29, 0.717) is 6.54 Å². The van der Waals surface area contributed by atoms with Crippen LogP contribution in [0.4, 0.5) is 0 Å². The molecular formula is C14H29NO6. The highest BCUT2D eigenvalue weighted by molar-refractivity contribution is 4.96. The van der Waals surface area contributed by atoms with E-state index in [9.17, 15) is 25.5 Å². The van der Waals surface area contributed by atoms with Crippen molar-refractivity contribution in [2.75, 3.05) is 19.8 Å². The summed E-state index contributed by atoms with van der Waals surface area (Å²) in [6, 6.07) is -0.771. The third kappa shape index (κ3) is 5.14. The Bertz CT molecular complexity index is 280. The summed E-state index contributed by atoms with van der Waals surface area (Å²) in [5.74, 6) is 0. The van der Waals surface area contributed by atoms with Gasteiger partial charge in [0.2, 0.25) is 0 Å². The van der Waals surface area contributed by atoms with Crippen LogP contribution in [0.25, 0.3) is 0 Å². The summed E-state index contributed by atoms with van der Waals surface area (Å²) in [4.78, 5) is 1.45. The van der Waals surface area contributed by atoms with Crippen LogP contribution < -0.4 is 0 Å². The van der Waals surface area contributed by atoms with Crippen LogP contribution in [0.1, 0.15) is 38.5 Å².